The molecule has 3 rings (SSSR count). The molecule has 0 radical (unpaired) electrons. The van der Waals surface area contributed by atoms with E-state index in [2.05, 4.69) is 4.74 Å². The van der Waals surface area contributed by atoms with Gasteiger partial charge in [-0.2, -0.15) is 4.31 Å². The van der Waals surface area contributed by atoms with E-state index in [-0.39, 0.29) is 37.0 Å². The molecule has 9 heteroatoms. The van der Waals surface area contributed by atoms with Crippen molar-refractivity contribution in [2.24, 2.45) is 0 Å². The minimum atomic E-state index is -3.74. The van der Waals surface area contributed by atoms with Crippen LogP contribution in [0.3, 0.4) is 0 Å². The summed E-state index contributed by atoms with van der Waals surface area (Å²) in [6.07, 6.45) is 0. The van der Waals surface area contributed by atoms with E-state index in [9.17, 15) is 18.0 Å². The van der Waals surface area contributed by atoms with Crippen molar-refractivity contribution in [3.8, 4) is 5.75 Å². The Morgan fingerprint density at radius 1 is 0.933 bits per heavy atom. The predicted molar refractivity (Wildman–Crippen MR) is 110 cm³/mol. The number of sulfonamides is 1. The summed E-state index contributed by atoms with van der Waals surface area (Å²) in [5, 5.41) is 0. The van der Waals surface area contributed by atoms with Gasteiger partial charge in [0, 0.05) is 31.7 Å². The number of ether oxygens (including phenoxy) is 2. The maximum Gasteiger partial charge on any atom is 0.337 e. The molecule has 0 aliphatic carbocycles. The van der Waals surface area contributed by atoms with Gasteiger partial charge in [0.2, 0.25) is 10.0 Å². The molecule has 1 aliphatic rings. The van der Waals surface area contributed by atoms with Gasteiger partial charge in [-0.3, -0.25) is 4.79 Å². The number of carbonyl (C=O) groups excluding carboxylic acids is 2. The lowest BCUT2D eigenvalue weighted by atomic mass is 10.1. The average molecular weight is 432 g/mol. The fraction of sp³-hybridized carbons (Fsp3) is 0.333. The Morgan fingerprint density at radius 2 is 1.63 bits per heavy atom. The van der Waals surface area contributed by atoms with Gasteiger partial charge in [-0.1, -0.05) is 6.07 Å². The molecule has 2 aromatic carbocycles. The SMILES string of the molecule is COC(=O)c1ccc(S(=O)(=O)N2CCN(C(=O)c3cccc(OC)c3)CC2)c(C)c1. The molecule has 1 amide bonds. The van der Waals surface area contributed by atoms with E-state index in [4.69, 9.17) is 4.74 Å². The number of esters is 1. The highest BCUT2D eigenvalue weighted by Crippen LogP contribution is 2.23. The monoisotopic (exact) mass is 432 g/mol. The molecular formula is C21H24N2O6S. The van der Waals surface area contributed by atoms with Gasteiger partial charge in [-0.25, -0.2) is 13.2 Å². The molecule has 0 N–H and O–H groups in total. The zero-order valence-electron chi connectivity index (χ0n) is 17.1. The highest BCUT2D eigenvalue weighted by molar-refractivity contribution is 7.89. The molecule has 30 heavy (non-hydrogen) atoms. The third kappa shape index (κ3) is 4.31. The third-order valence-corrected chi connectivity index (χ3v) is 7.12. The Bertz CT molecular complexity index is 1060. The highest BCUT2D eigenvalue weighted by Gasteiger charge is 2.31. The summed E-state index contributed by atoms with van der Waals surface area (Å²) >= 11 is 0. The summed E-state index contributed by atoms with van der Waals surface area (Å²) in [5.74, 6) is -0.0933. The van der Waals surface area contributed by atoms with Crippen LogP contribution in [0.15, 0.2) is 47.4 Å². The smallest absolute Gasteiger partial charge is 0.337 e. The molecule has 1 fully saturated rings. The molecule has 0 unspecified atom stereocenters. The number of amides is 1. The number of benzene rings is 2. The van der Waals surface area contributed by atoms with E-state index in [1.54, 1.807) is 36.1 Å². The lowest BCUT2D eigenvalue weighted by molar-refractivity contribution is 0.0600. The van der Waals surface area contributed by atoms with Crippen molar-refractivity contribution in [2.45, 2.75) is 11.8 Å². The lowest BCUT2D eigenvalue weighted by Crippen LogP contribution is -2.50. The van der Waals surface area contributed by atoms with Gasteiger partial charge in [-0.05, 0) is 48.9 Å². The first-order valence-electron chi connectivity index (χ1n) is 9.40. The van der Waals surface area contributed by atoms with Crippen molar-refractivity contribution in [1.29, 1.82) is 0 Å². The summed E-state index contributed by atoms with van der Waals surface area (Å²) in [6, 6.07) is 11.2. The number of carbonyl (C=O) groups is 2. The van der Waals surface area contributed by atoms with Gasteiger partial charge in [-0.15, -0.1) is 0 Å². The Labute approximate surface area is 176 Å². The topological polar surface area (TPSA) is 93.2 Å². The molecular weight excluding hydrogens is 408 g/mol. The first-order chi connectivity index (χ1) is 14.3. The third-order valence-electron chi connectivity index (χ3n) is 5.06. The first kappa shape index (κ1) is 21.8. The Morgan fingerprint density at radius 3 is 2.23 bits per heavy atom. The number of rotatable bonds is 5. The van der Waals surface area contributed by atoms with E-state index in [1.165, 1.54) is 36.7 Å². The average Bonchev–Trinajstić information content (AvgIpc) is 2.77. The second-order valence-corrected chi connectivity index (χ2v) is 8.81. The summed E-state index contributed by atoms with van der Waals surface area (Å²) < 4.78 is 37.4. The fourth-order valence-corrected chi connectivity index (χ4v) is 5.02. The zero-order chi connectivity index (χ0) is 21.9. The normalized spacial score (nSPS) is 15.0. The van der Waals surface area contributed by atoms with E-state index in [0.717, 1.165) is 0 Å². The van der Waals surface area contributed by atoms with Crippen LogP contribution in [-0.2, 0) is 14.8 Å². The Balaban J connectivity index is 1.72. The number of hydrogen-bond donors (Lipinski definition) is 0. The maximum absolute atomic E-state index is 13.1. The van der Waals surface area contributed by atoms with E-state index >= 15 is 0 Å². The molecule has 0 saturated carbocycles. The van der Waals surface area contributed by atoms with Crippen LogP contribution in [0.1, 0.15) is 26.3 Å². The van der Waals surface area contributed by atoms with E-state index in [0.29, 0.717) is 22.4 Å². The van der Waals surface area contributed by atoms with Crippen molar-refractivity contribution in [3.63, 3.8) is 0 Å². The number of methoxy groups -OCH3 is 2. The molecule has 1 heterocycles. The molecule has 1 aliphatic heterocycles. The van der Waals surface area contributed by atoms with Gasteiger partial charge in [0.05, 0.1) is 24.7 Å². The van der Waals surface area contributed by atoms with E-state index < -0.39 is 16.0 Å². The van der Waals surface area contributed by atoms with Gasteiger partial charge in [0.25, 0.3) is 5.91 Å². The maximum atomic E-state index is 13.1. The van der Waals surface area contributed by atoms with Crippen molar-refractivity contribution in [1.82, 2.24) is 9.21 Å². The van der Waals surface area contributed by atoms with Crippen LogP contribution in [-0.4, -0.2) is 69.9 Å². The Hall–Kier alpha value is -2.91. The van der Waals surface area contributed by atoms with Crippen LogP contribution < -0.4 is 4.74 Å². The van der Waals surface area contributed by atoms with Gasteiger partial charge in [0.15, 0.2) is 0 Å². The molecule has 2 aromatic rings. The first-order valence-corrected chi connectivity index (χ1v) is 10.8. The molecule has 0 bridgehead atoms. The lowest BCUT2D eigenvalue weighted by Gasteiger charge is -2.34. The fourth-order valence-electron chi connectivity index (χ4n) is 3.39. The van der Waals surface area contributed by atoms with Crippen molar-refractivity contribution >= 4 is 21.9 Å². The van der Waals surface area contributed by atoms with Crippen molar-refractivity contribution in [3.05, 3.63) is 59.2 Å². The van der Waals surface area contributed by atoms with E-state index in [1.807, 2.05) is 0 Å². The summed E-state index contributed by atoms with van der Waals surface area (Å²) in [6.45, 7) is 2.59. The van der Waals surface area contributed by atoms with Crippen molar-refractivity contribution in [2.75, 3.05) is 40.4 Å². The number of hydrogen-bond acceptors (Lipinski definition) is 6. The van der Waals surface area contributed by atoms with Crippen LogP contribution in [0.2, 0.25) is 0 Å². The van der Waals surface area contributed by atoms with Crippen LogP contribution in [0.4, 0.5) is 0 Å². The molecule has 0 atom stereocenters. The molecule has 1 saturated heterocycles. The second kappa shape index (κ2) is 8.85. The Kier molecular flexibility index (Phi) is 6.42. The van der Waals surface area contributed by atoms with Crippen LogP contribution in [0, 0.1) is 6.92 Å². The summed E-state index contributed by atoms with van der Waals surface area (Å²) in [7, 11) is -0.936. The van der Waals surface area contributed by atoms with Crippen LogP contribution >= 0.6 is 0 Å². The molecule has 0 spiro atoms. The molecule has 8 nitrogen and oxygen atoms in total. The predicted octanol–water partition coefficient (Wildman–Crippen LogP) is 1.94. The quantitative estimate of drug-likeness (QED) is 0.671. The minimum Gasteiger partial charge on any atom is -0.497 e. The standard InChI is InChI=1S/C21H24N2O6S/c1-15-13-17(21(25)29-3)7-8-19(15)30(26,27)23-11-9-22(10-12-23)20(24)16-5-4-6-18(14-16)28-2/h4-8,13-14H,9-12H2,1-3H3. The number of piperazine rings is 1. The van der Waals surface area contributed by atoms with Crippen molar-refractivity contribution < 1.29 is 27.5 Å². The van der Waals surface area contributed by atoms with Crippen LogP contribution in [0.25, 0.3) is 0 Å². The largest absolute Gasteiger partial charge is 0.497 e. The zero-order valence-corrected chi connectivity index (χ0v) is 17.9. The minimum absolute atomic E-state index is 0.141. The number of aryl methyl sites for hydroxylation is 1. The molecule has 160 valence electrons. The number of nitrogens with zero attached hydrogens (tertiary/aromatic N) is 2. The summed E-state index contributed by atoms with van der Waals surface area (Å²) in [4.78, 5) is 26.2. The second-order valence-electron chi connectivity index (χ2n) is 6.90. The van der Waals surface area contributed by atoms with Gasteiger partial charge < -0.3 is 14.4 Å². The molecule has 0 aromatic heterocycles. The van der Waals surface area contributed by atoms with Crippen LogP contribution in [0.5, 0.6) is 5.75 Å². The highest BCUT2D eigenvalue weighted by atomic mass is 32.2. The van der Waals surface area contributed by atoms with Gasteiger partial charge >= 0.3 is 5.97 Å². The van der Waals surface area contributed by atoms with Gasteiger partial charge in [0.1, 0.15) is 5.75 Å². The summed E-state index contributed by atoms with van der Waals surface area (Å²) in [5.41, 5.74) is 1.26.